The number of aromatic amines is 1. The van der Waals surface area contributed by atoms with Crippen LogP contribution in [0.3, 0.4) is 0 Å². The highest BCUT2D eigenvalue weighted by Gasteiger charge is 2.35. The van der Waals surface area contributed by atoms with Gasteiger partial charge in [0.15, 0.2) is 10.6 Å². The van der Waals surface area contributed by atoms with Crippen molar-refractivity contribution >= 4 is 18.1 Å². The van der Waals surface area contributed by atoms with E-state index in [-0.39, 0.29) is 24.0 Å². The maximum absolute atomic E-state index is 12.9. The molecule has 1 atom stereocenters. The monoisotopic (exact) mass is 449 g/mol. The van der Waals surface area contributed by atoms with Gasteiger partial charge in [-0.15, -0.1) is 0 Å². The third-order valence-corrected chi connectivity index (χ3v) is 6.69. The van der Waals surface area contributed by atoms with E-state index in [4.69, 9.17) is 12.2 Å². The van der Waals surface area contributed by atoms with E-state index < -0.39 is 0 Å². The fourth-order valence-electron chi connectivity index (χ4n) is 4.56. The summed E-state index contributed by atoms with van der Waals surface area (Å²) in [5.41, 5.74) is 3.29. The maximum atomic E-state index is 12.9. The molecule has 3 aromatic rings. The average Bonchev–Trinajstić information content (AvgIpc) is 3.41. The molecular formula is C25H31N5OS. The van der Waals surface area contributed by atoms with Crippen molar-refractivity contribution in [1.29, 1.82) is 0 Å². The highest BCUT2D eigenvalue weighted by Crippen LogP contribution is 2.32. The first-order valence-corrected chi connectivity index (χ1v) is 11.7. The van der Waals surface area contributed by atoms with Gasteiger partial charge in [0.05, 0.1) is 0 Å². The third-order valence-electron chi connectivity index (χ3n) is 6.38. The van der Waals surface area contributed by atoms with E-state index in [9.17, 15) is 4.79 Å². The van der Waals surface area contributed by atoms with Gasteiger partial charge < -0.3 is 10.6 Å². The van der Waals surface area contributed by atoms with Crippen LogP contribution < -0.4 is 10.6 Å². The molecule has 0 saturated heterocycles. The number of aryl methyl sites for hydroxylation is 1. The number of H-pyrrole nitrogens is 1. The van der Waals surface area contributed by atoms with Crippen LogP contribution in [0.1, 0.15) is 49.8 Å². The fourth-order valence-corrected chi connectivity index (χ4v) is 4.76. The van der Waals surface area contributed by atoms with Crippen LogP contribution in [0.4, 0.5) is 0 Å². The lowest BCUT2D eigenvalue weighted by atomic mass is 9.94. The molecule has 0 radical (unpaired) electrons. The van der Waals surface area contributed by atoms with Gasteiger partial charge in [-0.25, -0.2) is 0 Å². The minimum Gasteiger partial charge on any atom is -0.353 e. The Hall–Kier alpha value is -2.77. The lowest BCUT2D eigenvalue weighted by Crippen LogP contribution is -2.52. The van der Waals surface area contributed by atoms with Crippen LogP contribution in [-0.4, -0.2) is 32.8 Å². The van der Waals surface area contributed by atoms with E-state index in [1.54, 1.807) is 4.57 Å². The molecule has 168 valence electrons. The molecule has 1 heterocycles. The normalized spacial score (nSPS) is 16.1. The Morgan fingerprint density at radius 3 is 2.53 bits per heavy atom. The van der Waals surface area contributed by atoms with Crippen molar-refractivity contribution in [3.63, 3.8) is 0 Å². The second-order valence-electron chi connectivity index (χ2n) is 8.85. The maximum Gasteiger partial charge on any atom is 0.240 e. The molecule has 1 unspecified atom stereocenters. The summed E-state index contributed by atoms with van der Waals surface area (Å²) < 4.78 is 2.21. The molecule has 0 aliphatic heterocycles. The van der Waals surface area contributed by atoms with Crippen LogP contribution in [0, 0.1) is 11.7 Å². The Labute approximate surface area is 194 Å². The molecule has 1 aromatic heterocycles. The van der Waals surface area contributed by atoms with Crippen molar-refractivity contribution in [3.05, 3.63) is 70.5 Å². The molecule has 0 spiro atoms. The van der Waals surface area contributed by atoms with Gasteiger partial charge in [0, 0.05) is 23.7 Å². The third kappa shape index (κ3) is 5.16. The zero-order valence-corrected chi connectivity index (χ0v) is 19.5. The Morgan fingerprint density at radius 2 is 1.84 bits per heavy atom. The molecule has 1 saturated carbocycles. The zero-order valence-electron chi connectivity index (χ0n) is 18.7. The number of benzene rings is 2. The first-order chi connectivity index (χ1) is 15.5. The lowest BCUT2D eigenvalue weighted by molar-refractivity contribution is -0.122. The van der Waals surface area contributed by atoms with Gasteiger partial charge in [0.2, 0.25) is 5.91 Å². The van der Waals surface area contributed by atoms with E-state index >= 15 is 0 Å². The van der Waals surface area contributed by atoms with Crippen LogP contribution in [0.5, 0.6) is 0 Å². The summed E-state index contributed by atoms with van der Waals surface area (Å²) in [5, 5.41) is 14.2. The molecule has 4 rings (SSSR count). The Bertz CT molecular complexity index is 1100. The van der Waals surface area contributed by atoms with Gasteiger partial charge in [-0.05, 0) is 44.5 Å². The van der Waals surface area contributed by atoms with E-state index in [1.807, 2.05) is 37.3 Å². The zero-order chi connectivity index (χ0) is 22.6. The van der Waals surface area contributed by atoms with Crippen molar-refractivity contribution in [2.75, 3.05) is 6.54 Å². The first kappa shape index (κ1) is 22.4. The van der Waals surface area contributed by atoms with Crippen LogP contribution in [0.25, 0.3) is 11.4 Å². The first-order valence-electron chi connectivity index (χ1n) is 11.3. The van der Waals surface area contributed by atoms with E-state index in [0.29, 0.717) is 17.1 Å². The Balaban J connectivity index is 1.42. The van der Waals surface area contributed by atoms with Crippen molar-refractivity contribution < 1.29 is 4.79 Å². The highest BCUT2D eigenvalue weighted by atomic mass is 32.1. The molecule has 0 bridgehead atoms. The number of amides is 1. The largest absolute Gasteiger partial charge is 0.353 e. The molecular weight excluding hydrogens is 418 g/mol. The van der Waals surface area contributed by atoms with Gasteiger partial charge in [-0.1, -0.05) is 73.0 Å². The number of rotatable bonds is 8. The van der Waals surface area contributed by atoms with Crippen molar-refractivity contribution in [2.24, 2.45) is 0 Å². The molecule has 1 fully saturated rings. The number of hydrogen-bond acceptors (Lipinski definition) is 4. The number of nitrogens with one attached hydrogen (secondary N) is 3. The SMILES string of the molecule is Cc1ccc(-c2n[nH]c(=S)n2CC(=O)NCC2(NC(C)c3ccccc3)CCCC2)cc1. The summed E-state index contributed by atoms with van der Waals surface area (Å²) >= 11 is 5.39. The smallest absolute Gasteiger partial charge is 0.240 e. The standard InChI is InChI=1S/C25H31N5OS/c1-18-10-12-21(13-11-18)23-28-29-24(32)30(23)16-22(31)26-17-25(14-6-7-15-25)27-19(2)20-8-4-3-5-9-20/h3-5,8-13,19,27H,6-7,14-17H2,1-2H3,(H,26,31)(H,29,32). The molecule has 1 amide bonds. The van der Waals surface area contributed by atoms with E-state index in [0.717, 1.165) is 18.4 Å². The molecule has 1 aliphatic rings. The summed E-state index contributed by atoms with van der Waals surface area (Å²) in [6, 6.07) is 18.7. The Kier molecular flexibility index (Phi) is 6.86. The number of aromatic nitrogens is 3. The predicted molar refractivity (Wildman–Crippen MR) is 130 cm³/mol. The van der Waals surface area contributed by atoms with Crippen LogP contribution in [0.2, 0.25) is 0 Å². The number of carbonyl (C=O) groups is 1. The molecule has 1 aliphatic carbocycles. The van der Waals surface area contributed by atoms with E-state index in [1.165, 1.54) is 24.0 Å². The minimum absolute atomic E-state index is 0.0590. The number of nitrogens with zero attached hydrogens (tertiary/aromatic N) is 2. The van der Waals surface area contributed by atoms with Crippen LogP contribution in [-0.2, 0) is 11.3 Å². The van der Waals surface area contributed by atoms with Crippen molar-refractivity contribution in [2.45, 2.75) is 57.7 Å². The van der Waals surface area contributed by atoms with Gasteiger partial charge >= 0.3 is 0 Å². The summed E-state index contributed by atoms with van der Waals surface area (Å²) in [6.45, 7) is 4.98. The number of carbonyl (C=O) groups excluding carboxylic acids is 1. The molecule has 32 heavy (non-hydrogen) atoms. The summed E-state index contributed by atoms with van der Waals surface area (Å²) in [5.74, 6) is 0.618. The summed E-state index contributed by atoms with van der Waals surface area (Å²) in [4.78, 5) is 12.9. The molecule has 3 N–H and O–H groups in total. The number of hydrogen-bond donors (Lipinski definition) is 3. The minimum atomic E-state index is -0.0808. The summed E-state index contributed by atoms with van der Waals surface area (Å²) in [6.07, 6.45) is 4.47. The second kappa shape index (κ2) is 9.79. The lowest BCUT2D eigenvalue weighted by Gasteiger charge is -2.34. The van der Waals surface area contributed by atoms with Crippen LogP contribution in [0.15, 0.2) is 54.6 Å². The quantitative estimate of drug-likeness (QED) is 0.436. The Morgan fingerprint density at radius 1 is 1.16 bits per heavy atom. The fraction of sp³-hybridized carbons (Fsp3) is 0.400. The molecule has 6 nitrogen and oxygen atoms in total. The van der Waals surface area contributed by atoms with Gasteiger partial charge in [-0.2, -0.15) is 5.10 Å². The van der Waals surface area contributed by atoms with Gasteiger partial charge in [0.1, 0.15) is 6.54 Å². The van der Waals surface area contributed by atoms with Crippen molar-refractivity contribution in [1.82, 2.24) is 25.4 Å². The second-order valence-corrected chi connectivity index (χ2v) is 9.23. The highest BCUT2D eigenvalue weighted by molar-refractivity contribution is 7.71. The average molecular weight is 450 g/mol. The molecule has 2 aromatic carbocycles. The van der Waals surface area contributed by atoms with Gasteiger partial charge in [0.25, 0.3) is 0 Å². The van der Waals surface area contributed by atoms with E-state index in [2.05, 4.69) is 52.0 Å². The van der Waals surface area contributed by atoms with Gasteiger partial charge in [-0.3, -0.25) is 14.5 Å². The topological polar surface area (TPSA) is 74.7 Å². The van der Waals surface area contributed by atoms with Crippen molar-refractivity contribution in [3.8, 4) is 11.4 Å². The molecule has 7 heteroatoms. The summed E-state index contributed by atoms with van der Waals surface area (Å²) in [7, 11) is 0. The predicted octanol–water partition coefficient (Wildman–Crippen LogP) is 4.70. The van der Waals surface area contributed by atoms with Crippen LogP contribution >= 0.6 is 12.2 Å².